The molecule has 0 unspecified atom stereocenters. The molecule has 2 rings (SSSR count). The summed E-state index contributed by atoms with van der Waals surface area (Å²) >= 11 is 19.5. The smallest absolute Gasteiger partial charge is 0.232 e. The average molecular weight is 510 g/mol. The summed E-state index contributed by atoms with van der Waals surface area (Å²) < 4.78 is 25.4. The summed E-state index contributed by atoms with van der Waals surface area (Å²) in [6.07, 6.45) is 1.78. The van der Waals surface area contributed by atoms with Gasteiger partial charge in [-0.3, -0.25) is 9.10 Å². The monoisotopic (exact) mass is 508 g/mol. The van der Waals surface area contributed by atoms with Crippen molar-refractivity contribution in [2.24, 2.45) is 0 Å². The number of hydrogen-bond donors (Lipinski definition) is 1. The molecule has 0 fully saturated rings. The number of nitrogens with one attached hydrogen (secondary N) is 1. The third-order valence-corrected chi connectivity index (χ3v) is 7.28. The number of thioether (sulfide) groups is 1. The van der Waals surface area contributed by atoms with Gasteiger partial charge in [0.1, 0.15) is 0 Å². The van der Waals surface area contributed by atoms with Crippen molar-refractivity contribution >= 4 is 68.2 Å². The lowest BCUT2D eigenvalue weighted by atomic mass is 10.2. The van der Waals surface area contributed by atoms with Crippen LogP contribution in [0.5, 0.6) is 0 Å². The van der Waals surface area contributed by atoms with Crippen molar-refractivity contribution in [3.05, 3.63) is 63.1 Å². The molecule has 30 heavy (non-hydrogen) atoms. The van der Waals surface area contributed by atoms with Gasteiger partial charge in [-0.15, -0.1) is 0 Å². The Morgan fingerprint density at radius 1 is 1.10 bits per heavy atom. The molecule has 0 aromatic heterocycles. The lowest BCUT2D eigenvalue weighted by Gasteiger charge is -2.22. The van der Waals surface area contributed by atoms with Crippen LogP contribution in [0.15, 0.2) is 42.5 Å². The van der Waals surface area contributed by atoms with Crippen LogP contribution in [-0.2, 0) is 20.6 Å². The van der Waals surface area contributed by atoms with Gasteiger partial charge in [0.05, 0.1) is 22.0 Å². The summed E-state index contributed by atoms with van der Waals surface area (Å²) in [4.78, 5) is 12.0. The molecule has 0 aliphatic carbocycles. The van der Waals surface area contributed by atoms with Crippen molar-refractivity contribution in [3.8, 4) is 0 Å². The summed E-state index contributed by atoms with van der Waals surface area (Å²) in [5.74, 6) is 1.42. The summed E-state index contributed by atoms with van der Waals surface area (Å²) in [6, 6.07) is 12.2. The maximum Gasteiger partial charge on any atom is 0.232 e. The van der Waals surface area contributed by atoms with Crippen molar-refractivity contribution < 1.29 is 13.2 Å². The Kier molecular flexibility index (Phi) is 10.1. The zero-order valence-corrected chi connectivity index (χ0v) is 20.3. The van der Waals surface area contributed by atoms with Gasteiger partial charge in [0.15, 0.2) is 0 Å². The highest BCUT2D eigenvalue weighted by Gasteiger charge is 2.17. The number of hydrogen-bond acceptors (Lipinski definition) is 4. The Bertz CT molecular complexity index is 972. The van der Waals surface area contributed by atoms with Crippen LogP contribution in [-0.4, -0.2) is 39.4 Å². The van der Waals surface area contributed by atoms with E-state index in [1.54, 1.807) is 42.1 Å². The standard InChI is InChI=1S/C20H23Cl3N2O3S2/c1-30(27,28)25(17-5-2-4-16(21)13-17)10-3-6-20(26)24-9-11-29-14-15-7-8-18(22)19(23)12-15/h2,4-5,7-8,12-13H,3,6,9-11,14H2,1H3,(H,24,26). The van der Waals surface area contributed by atoms with Crippen molar-refractivity contribution in [2.45, 2.75) is 18.6 Å². The predicted molar refractivity (Wildman–Crippen MR) is 129 cm³/mol. The summed E-state index contributed by atoms with van der Waals surface area (Å²) in [5.41, 5.74) is 1.56. The molecule has 0 saturated carbocycles. The van der Waals surface area contributed by atoms with Gasteiger partial charge in [-0.05, 0) is 42.3 Å². The molecule has 0 saturated heterocycles. The number of rotatable bonds is 11. The second kappa shape index (κ2) is 12.1. The van der Waals surface area contributed by atoms with Crippen LogP contribution in [0.2, 0.25) is 15.1 Å². The van der Waals surface area contributed by atoms with Gasteiger partial charge >= 0.3 is 0 Å². The molecule has 0 aliphatic rings. The normalized spacial score (nSPS) is 11.3. The molecule has 5 nitrogen and oxygen atoms in total. The molecule has 0 aliphatic heterocycles. The molecule has 0 radical (unpaired) electrons. The number of carbonyl (C=O) groups is 1. The second-order valence-electron chi connectivity index (χ2n) is 6.57. The zero-order chi connectivity index (χ0) is 22.1. The maximum atomic E-state index is 12.1. The van der Waals surface area contributed by atoms with E-state index in [9.17, 15) is 13.2 Å². The Hall–Kier alpha value is -1.12. The van der Waals surface area contributed by atoms with Gasteiger partial charge in [-0.1, -0.05) is 46.9 Å². The van der Waals surface area contributed by atoms with Crippen LogP contribution >= 0.6 is 46.6 Å². The van der Waals surface area contributed by atoms with Gasteiger partial charge < -0.3 is 5.32 Å². The SMILES string of the molecule is CS(=O)(=O)N(CCCC(=O)NCCSCc1ccc(Cl)c(Cl)c1)c1cccc(Cl)c1. The van der Waals surface area contributed by atoms with Crippen LogP contribution in [0.3, 0.4) is 0 Å². The van der Waals surface area contributed by atoms with E-state index < -0.39 is 10.0 Å². The Morgan fingerprint density at radius 2 is 1.87 bits per heavy atom. The summed E-state index contributed by atoms with van der Waals surface area (Å²) in [7, 11) is -3.47. The first-order valence-electron chi connectivity index (χ1n) is 9.18. The molecule has 0 heterocycles. The number of carbonyl (C=O) groups excluding carboxylic acids is 1. The molecule has 1 N–H and O–H groups in total. The van der Waals surface area contributed by atoms with Gasteiger partial charge in [0.2, 0.25) is 15.9 Å². The van der Waals surface area contributed by atoms with E-state index in [2.05, 4.69) is 5.32 Å². The first kappa shape index (κ1) is 25.1. The lowest BCUT2D eigenvalue weighted by Crippen LogP contribution is -2.32. The number of halogens is 3. The van der Waals surface area contributed by atoms with Crippen LogP contribution in [0.25, 0.3) is 0 Å². The highest BCUT2D eigenvalue weighted by Crippen LogP contribution is 2.25. The molecule has 0 atom stereocenters. The fourth-order valence-electron chi connectivity index (χ4n) is 2.67. The van der Waals surface area contributed by atoms with E-state index in [-0.39, 0.29) is 18.9 Å². The van der Waals surface area contributed by atoms with Gasteiger partial charge in [0.25, 0.3) is 0 Å². The third-order valence-electron chi connectivity index (χ3n) is 4.08. The van der Waals surface area contributed by atoms with Crippen LogP contribution in [0, 0.1) is 0 Å². The third kappa shape index (κ3) is 8.55. The second-order valence-corrected chi connectivity index (χ2v) is 10.8. The molecule has 1 amide bonds. The molecular weight excluding hydrogens is 487 g/mol. The molecule has 0 bridgehead atoms. The summed E-state index contributed by atoms with van der Waals surface area (Å²) in [5, 5.41) is 4.37. The van der Waals surface area contributed by atoms with Crippen molar-refractivity contribution in [1.29, 1.82) is 0 Å². The largest absolute Gasteiger partial charge is 0.355 e. The molecule has 10 heteroatoms. The summed E-state index contributed by atoms with van der Waals surface area (Å²) in [6.45, 7) is 0.744. The van der Waals surface area contributed by atoms with Crippen LogP contribution in [0.4, 0.5) is 5.69 Å². The van der Waals surface area contributed by atoms with E-state index in [1.165, 1.54) is 4.31 Å². The Balaban J connectivity index is 1.70. The number of benzene rings is 2. The quantitative estimate of drug-likeness (QED) is 0.421. The van der Waals surface area contributed by atoms with Crippen LogP contribution < -0.4 is 9.62 Å². The first-order valence-corrected chi connectivity index (χ1v) is 13.3. The highest BCUT2D eigenvalue weighted by atomic mass is 35.5. The average Bonchev–Trinajstić information content (AvgIpc) is 2.66. The van der Waals surface area contributed by atoms with Crippen molar-refractivity contribution in [1.82, 2.24) is 5.32 Å². The maximum absolute atomic E-state index is 12.1. The fraction of sp³-hybridized carbons (Fsp3) is 0.350. The molecule has 2 aromatic rings. The first-order chi connectivity index (χ1) is 14.2. The van der Waals surface area contributed by atoms with Gasteiger partial charge in [-0.25, -0.2) is 8.42 Å². The number of nitrogens with zero attached hydrogens (tertiary/aromatic N) is 1. The molecule has 164 valence electrons. The fourth-order valence-corrected chi connectivity index (χ4v) is 4.94. The number of amides is 1. The van der Waals surface area contributed by atoms with E-state index in [0.29, 0.717) is 33.7 Å². The predicted octanol–water partition coefficient (Wildman–Crippen LogP) is 5.24. The van der Waals surface area contributed by atoms with Gasteiger partial charge in [-0.2, -0.15) is 11.8 Å². The van der Waals surface area contributed by atoms with E-state index in [0.717, 1.165) is 23.3 Å². The van der Waals surface area contributed by atoms with Crippen LogP contribution in [0.1, 0.15) is 18.4 Å². The minimum atomic E-state index is -3.47. The lowest BCUT2D eigenvalue weighted by molar-refractivity contribution is -0.121. The minimum absolute atomic E-state index is 0.107. The van der Waals surface area contributed by atoms with E-state index >= 15 is 0 Å². The molecule has 2 aromatic carbocycles. The zero-order valence-electron chi connectivity index (χ0n) is 16.4. The van der Waals surface area contributed by atoms with E-state index in [4.69, 9.17) is 34.8 Å². The molecular formula is C20H23Cl3N2O3S2. The Morgan fingerprint density at radius 3 is 2.53 bits per heavy atom. The Labute approximate surface area is 197 Å². The topological polar surface area (TPSA) is 66.5 Å². The minimum Gasteiger partial charge on any atom is -0.355 e. The number of anilines is 1. The number of sulfonamides is 1. The van der Waals surface area contributed by atoms with E-state index in [1.807, 2.05) is 12.1 Å². The van der Waals surface area contributed by atoms with Gasteiger partial charge in [0, 0.05) is 36.0 Å². The highest BCUT2D eigenvalue weighted by molar-refractivity contribution is 7.98. The van der Waals surface area contributed by atoms with Crippen molar-refractivity contribution in [2.75, 3.05) is 29.4 Å². The molecule has 0 spiro atoms. The van der Waals surface area contributed by atoms with Crippen molar-refractivity contribution in [3.63, 3.8) is 0 Å².